The molecule has 3 aromatic rings. The lowest BCUT2D eigenvalue weighted by atomic mass is 9.97. The zero-order valence-electron chi connectivity index (χ0n) is 23.4. The second-order valence-electron chi connectivity index (χ2n) is 9.78. The van der Waals surface area contributed by atoms with Gasteiger partial charge in [0.2, 0.25) is 11.8 Å². The van der Waals surface area contributed by atoms with Gasteiger partial charge in [-0.1, -0.05) is 54.6 Å². The van der Waals surface area contributed by atoms with Gasteiger partial charge in [0.25, 0.3) is 5.91 Å². The fourth-order valence-electron chi connectivity index (χ4n) is 4.45. The Morgan fingerprint density at radius 3 is 2.40 bits per heavy atom. The van der Waals surface area contributed by atoms with Crippen LogP contribution in [0.25, 0.3) is 0 Å². The third kappa shape index (κ3) is 7.30. The number of carbonyl (C=O) groups excluding carboxylic acids is 4. The highest BCUT2D eigenvalue weighted by Crippen LogP contribution is 2.35. The van der Waals surface area contributed by atoms with Gasteiger partial charge in [0.1, 0.15) is 23.5 Å². The van der Waals surface area contributed by atoms with Gasteiger partial charge in [-0.05, 0) is 43.5 Å². The standard InChI is InChI=1S/C31H33N5O6/c1-3-41-31(40)19(2)34-29(38)24(15-20-7-5-4-6-8-20)30(39)35-23-13-14-25-26(16-23)42-18-27(37)36(25)17-21-9-11-22(12-10-21)28(32)33/h4-14,16,19,24H,3,15,17-18H2,1-2H3,(H3,32,33)(H,34,38)(H,35,39)/t19-,24-/m0/s1. The molecule has 218 valence electrons. The Balaban J connectivity index is 1.51. The number of rotatable bonds is 11. The third-order valence-electron chi connectivity index (χ3n) is 6.69. The first-order chi connectivity index (χ1) is 20.2. The van der Waals surface area contributed by atoms with Crippen LogP contribution in [-0.2, 0) is 36.9 Å². The van der Waals surface area contributed by atoms with Gasteiger partial charge in [-0.25, -0.2) is 4.79 Å². The zero-order valence-corrected chi connectivity index (χ0v) is 23.4. The van der Waals surface area contributed by atoms with Crippen molar-refractivity contribution in [3.8, 4) is 5.75 Å². The summed E-state index contributed by atoms with van der Waals surface area (Å²) in [6, 6.07) is 20.1. The lowest BCUT2D eigenvalue weighted by molar-refractivity contribution is -0.148. The highest BCUT2D eigenvalue weighted by molar-refractivity contribution is 6.07. The number of amides is 3. The molecule has 5 N–H and O–H groups in total. The predicted octanol–water partition coefficient (Wildman–Crippen LogP) is 2.76. The van der Waals surface area contributed by atoms with Crippen molar-refractivity contribution in [3.05, 3.63) is 89.5 Å². The van der Waals surface area contributed by atoms with Gasteiger partial charge >= 0.3 is 5.97 Å². The van der Waals surface area contributed by atoms with E-state index < -0.39 is 29.7 Å². The number of nitrogen functional groups attached to an aromatic ring is 1. The number of hydrogen-bond acceptors (Lipinski definition) is 7. The van der Waals surface area contributed by atoms with Crippen molar-refractivity contribution in [1.82, 2.24) is 5.32 Å². The Bertz CT molecular complexity index is 1470. The van der Waals surface area contributed by atoms with Crippen LogP contribution in [0.4, 0.5) is 11.4 Å². The molecule has 0 aliphatic carbocycles. The zero-order chi connectivity index (χ0) is 30.2. The summed E-state index contributed by atoms with van der Waals surface area (Å²) in [7, 11) is 0. The van der Waals surface area contributed by atoms with Gasteiger partial charge in [-0.15, -0.1) is 0 Å². The third-order valence-corrected chi connectivity index (χ3v) is 6.69. The van der Waals surface area contributed by atoms with Crippen LogP contribution in [0.2, 0.25) is 0 Å². The number of hydrogen-bond donors (Lipinski definition) is 4. The minimum absolute atomic E-state index is 0.0408. The summed E-state index contributed by atoms with van der Waals surface area (Å²) in [6.07, 6.45) is 0.111. The van der Waals surface area contributed by atoms with Crippen LogP contribution < -0.4 is 26.0 Å². The maximum Gasteiger partial charge on any atom is 0.328 e. The van der Waals surface area contributed by atoms with Crippen molar-refractivity contribution in [2.24, 2.45) is 11.7 Å². The molecule has 0 unspecified atom stereocenters. The van der Waals surface area contributed by atoms with Gasteiger partial charge < -0.3 is 30.7 Å². The van der Waals surface area contributed by atoms with Crippen molar-refractivity contribution in [1.29, 1.82) is 5.41 Å². The second kappa shape index (κ2) is 13.4. The summed E-state index contributed by atoms with van der Waals surface area (Å²) < 4.78 is 10.6. The van der Waals surface area contributed by atoms with Crippen molar-refractivity contribution >= 4 is 40.9 Å². The molecule has 0 bridgehead atoms. The van der Waals surface area contributed by atoms with Crippen LogP contribution in [0.3, 0.4) is 0 Å². The first-order valence-corrected chi connectivity index (χ1v) is 13.5. The predicted molar refractivity (Wildman–Crippen MR) is 157 cm³/mol. The first kappa shape index (κ1) is 29.8. The lowest BCUT2D eigenvalue weighted by Crippen LogP contribution is -2.46. The normalized spacial score (nSPS) is 13.7. The summed E-state index contributed by atoms with van der Waals surface area (Å²) in [5.41, 5.74) is 8.64. The number of nitrogens with zero attached hydrogens (tertiary/aromatic N) is 1. The molecule has 1 aliphatic heterocycles. The van der Waals surface area contributed by atoms with E-state index in [1.54, 1.807) is 54.3 Å². The lowest BCUT2D eigenvalue weighted by Gasteiger charge is -2.30. The van der Waals surface area contributed by atoms with E-state index in [9.17, 15) is 19.2 Å². The minimum Gasteiger partial charge on any atom is -0.481 e. The van der Waals surface area contributed by atoms with E-state index in [0.29, 0.717) is 22.7 Å². The molecule has 1 aliphatic rings. The van der Waals surface area contributed by atoms with Crippen molar-refractivity contribution in [2.45, 2.75) is 32.9 Å². The number of esters is 1. The van der Waals surface area contributed by atoms with Crippen LogP contribution in [-0.4, -0.2) is 48.8 Å². The van der Waals surface area contributed by atoms with Crippen LogP contribution in [0.5, 0.6) is 5.75 Å². The van der Waals surface area contributed by atoms with Crippen LogP contribution in [0.1, 0.15) is 30.5 Å². The minimum atomic E-state index is -1.14. The molecule has 0 saturated heterocycles. The quantitative estimate of drug-likeness (QED) is 0.119. The number of nitrogens with two attached hydrogens (primary N) is 1. The monoisotopic (exact) mass is 571 g/mol. The molecule has 2 atom stereocenters. The molecule has 0 spiro atoms. The van der Waals surface area contributed by atoms with E-state index in [-0.39, 0.29) is 37.9 Å². The van der Waals surface area contributed by atoms with E-state index in [1.165, 1.54) is 6.92 Å². The number of nitrogens with one attached hydrogen (secondary N) is 3. The summed E-state index contributed by atoms with van der Waals surface area (Å²) in [4.78, 5) is 53.0. The van der Waals surface area contributed by atoms with E-state index in [2.05, 4.69) is 10.6 Å². The average Bonchev–Trinajstić information content (AvgIpc) is 2.98. The van der Waals surface area contributed by atoms with Crippen LogP contribution in [0, 0.1) is 11.3 Å². The number of amidine groups is 1. The van der Waals surface area contributed by atoms with Gasteiger partial charge in [-0.2, -0.15) is 0 Å². The van der Waals surface area contributed by atoms with E-state index in [1.807, 2.05) is 30.3 Å². The van der Waals surface area contributed by atoms with Crippen LogP contribution >= 0.6 is 0 Å². The molecule has 3 aromatic carbocycles. The molecule has 42 heavy (non-hydrogen) atoms. The molecule has 3 amide bonds. The second-order valence-corrected chi connectivity index (χ2v) is 9.78. The summed E-state index contributed by atoms with van der Waals surface area (Å²) in [5.74, 6) is -2.79. The molecule has 0 radical (unpaired) electrons. The molecule has 4 rings (SSSR count). The van der Waals surface area contributed by atoms with Gasteiger partial charge in [-0.3, -0.25) is 19.8 Å². The Morgan fingerprint density at radius 2 is 1.74 bits per heavy atom. The summed E-state index contributed by atoms with van der Waals surface area (Å²) in [6.45, 7) is 3.43. The average molecular weight is 572 g/mol. The van der Waals surface area contributed by atoms with Gasteiger partial charge in [0, 0.05) is 17.3 Å². The Morgan fingerprint density at radius 1 is 1.02 bits per heavy atom. The highest BCUT2D eigenvalue weighted by Gasteiger charge is 2.31. The number of carbonyl (C=O) groups is 4. The van der Waals surface area contributed by atoms with Crippen molar-refractivity contribution < 1.29 is 28.7 Å². The molecule has 0 saturated carbocycles. The number of benzene rings is 3. The maximum atomic E-state index is 13.4. The molecule has 0 aromatic heterocycles. The maximum absolute atomic E-state index is 13.4. The number of ether oxygens (including phenoxy) is 2. The Labute approximate surface area is 243 Å². The summed E-state index contributed by atoms with van der Waals surface area (Å²) >= 11 is 0. The smallest absolute Gasteiger partial charge is 0.328 e. The molecule has 0 fully saturated rings. The number of fused-ring (bicyclic) bond motifs is 1. The molecule has 11 heteroatoms. The SMILES string of the molecule is CCOC(=O)[C@H](C)NC(=O)[C@H](Cc1ccccc1)C(=O)Nc1ccc2c(c1)OCC(=O)N2Cc1ccc(C(=N)N)cc1. The van der Waals surface area contributed by atoms with Gasteiger partial charge in [0.05, 0.1) is 18.8 Å². The molecule has 1 heterocycles. The van der Waals surface area contributed by atoms with E-state index in [4.69, 9.17) is 20.6 Å². The molecular formula is C31H33N5O6. The fourth-order valence-corrected chi connectivity index (χ4v) is 4.45. The van der Waals surface area contributed by atoms with E-state index in [0.717, 1.165) is 11.1 Å². The van der Waals surface area contributed by atoms with Gasteiger partial charge in [0.15, 0.2) is 6.61 Å². The Hall–Kier alpha value is -5.19. The van der Waals surface area contributed by atoms with Crippen LogP contribution in [0.15, 0.2) is 72.8 Å². The van der Waals surface area contributed by atoms with Crippen molar-refractivity contribution in [3.63, 3.8) is 0 Å². The topological polar surface area (TPSA) is 164 Å². The largest absolute Gasteiger partial charge is 0.481 e. The Kier molecular flexibility index (Phi) is 9.53. The first-order valence-electron chi connectivity index (χ1n) is 13.5. The number of anilines is 2. The molecular weight excluding hydrogens is 538 g/mol. The molecule has 11 nitrogen and oxygen atoms in total. The fraction of sp³-hybridized carbons (Fsp3) is 0.258. The van der Waals surface area contributed by atoms with E-state index >= 15 is 0 Å². The summed E-state index contributed by atoms with van der Waals surface area (Å²) in [5, 5.41) is 12.9. The highest BCUT2D eigenvalue weighted by atomic mass is 16.5. The van der Waals surface area contributed by atoms with Crippen molar-refractivity contribution in [2.75, 3.05) is 23.4 Å².